The topological polar surface area (TPSA) is 28.2 Å². The van der Waals surface area contributed by atoms with E-state index in [1.54, 1.807) is 17.4 Å². The van der Waals surface area contributed by atoms with Gasteiger partial charge in [-0.25, -0.2) is 9.37 Å². The molecule has 0 fully saturated rings. The van der Waals surface area contributed by atoms with Crippen LogP contribution in [0.15, 0.2) is 30.5 Å². The van der Waals surface area contributed by atoms with E-state index in [1.807, 2.05) is 24.2 Å². The first kappa shape index (κ1) is 14.0. The summed E-state index contributed by atoms with van der Waals surface area (Å²) in [6, 6.07) is 6.98. The van der Waals surface area contributed by atoms with Crippen LogP contribution < -0.4 is 10.2 Å². The Morgan fingerprint density at radius 2 is 2.21 bits per heavy atom. The van der Waals surface area contributed by atoms with Crippen LogP contribution in [0.1, 0.15) is 18.7 Å². The van der Waals surface area contributed by atoms with Crippen LogP contribution in [-0.2, 0) is 6.54 Å². The van der Waals surface area contributed by atoms with E-state index in [0.717, 1.165) is 17.4 Å². The number of halogens is 1. The molecular formula is C14H18FN3S. The quantitative estimate of drug-likeness (QED) is 0.907. The Balaban J connectivity index is 2.09. The third-order valence-corrected chi connectivity index (χ3v) is 3.78. The number of nitrogens with zero attached hydrogens (tertiary/aromatic N) is 2. The molecule has 0 radical (unpaired) electrons. The second-order valence-corrected chi connectivity index (χ2v) is 5.78. The zero-order chi connectivity index (χ0) is 13.8. The summed E-state index contributed by atoms with van der Waals surface area (Å²) in [6.45, 7) is 5.04. The Labute approximate surface area is 117 Å². The molecule has 2 rings (SSSR count). The van der Waals surface area contributed by atoms with Crippen LogP contribution in [0.2, 0.25) is 0 Å². The summed E-state index contributed by atoms with van der Waals surface area (Å²) in [6.07, 6.45) is 1.87. The van der Waals surface area contributed by atoms with Gasteiger partial charge in [0, 0.05) is 36.4 Å². The number of hydrogen-bond donors (Lipinski definition) is 1. The largest absolute Gasteiger partial charge is 0.321 e. The standard InChI is InChI=1S/C14H18FN3S/c1-10(2)16-8-13-9-17-14(19-13)18(3)12-6-4-5-11(15)7-12/h4-7,9-10,16H,8H2,1-3H3. The van der Waals surface area contributed by atoms with Crippen LogP contribution in [0.5, 0.6) is 0 Å². The van der Waals surface area contributed by atoms with Crippen LogP contribution in [0, 0.1) is 5.82 Å². The third kappa shape index (κ3) is 3.75. The Morgan fingerprint density at radius 1 is 1.42 bits per heavy atom. The summed E-state index contributed by atoms with van der Waals surface area (Å²) in [5.74, 6) is -0.234. The van der Waals surface area contributed by atoms with Gasteiger partial charge in [0.2, 0.25) is 0 Å². The smallest absolute Gasteiger partial charge is 0.189 e. The van der Waals surface area contributed by atoms with E-state index in [9.17, 15) is 4.39 Å². The van der Waals surface area contributed by atoms with Crippen molar-refractivity contribution in [1.29, 1.82) is 0 Å². The van der Waals surface area contributed by atoms with Crippen LogP contribution in [0.4, 0.5) is 15.2 Å². The van der Waals surface area contributed by atoms with Gasteiger partial charge in [-0.15, -0.1) is 11.3 Å². The van der Waals surface area contributed by atoms with E-state index in [4.69, 9.17) is 0 Å². The lowest BCUT2D eigenvalue weighted by Gasteiger charge is -2.15. The molecule has 102 valence electrons. The van der Waals surface area contributed by atoms with Crippen molar-refractivity contribution in [3.8, 4) is 0 Å². The van der Waals surface area contributed by atoms with Crippen molar-refractivity contribution < 1.29 is 4.39 Å². The van der Waals surface area contributed by atoms with Gasteiger partial charge < -0.3 is 10.2 Å². The number of aromatic nitrogens is 1. The SMILES string of the molecule is CC(C)NCc1cnc(N(C)c2cccc(F)c2)s1. The maximum atomic E-state index is 13.2. The van der Waals surface area contributed by atoms with E-state index in [2.05, 4.69) is 24.1 Å². The van der Waals surface area contributed by atoms with Gasteiger partial charge in [0.1, 0.15) is 5.82 Å². The maximum Gasteiger partial charge on any atom is 0.189 e. The molecule has 1 heterocycles. The Bertz CT molecular complexity index is 539. The monoisotopic (exact) mass is 279 g/mol. The molecule has 2 aromatic rings. The molecule has 1 aromatic carbocycles. The van der Waals surface area contributed by atoms with Crippen molar-refractivity contribution in [2.75, 3.05) is 11.9 Å². The van der Waals surface area contributed by atoms with E-state index in [0.29, 0.717) is 6.04 Å². The summed E-state index contributed by atoms with van der Waals surface area (Å²) in [5, 5.41) is 4.22. The fourth-order valence-electron chi connectivity index (χ4n) is 1.63. The van der Waals surface area contributed by atoms with Gasteiger partial charge in [0.05, 0.1) is 0 Å². The lowest BCUT2D eigenvalue weighted by molar-refractivity contribution is 0.593. The number of anilines is 2. The van der Waals surface area contributed by atoms with Gasteiger partial charge in [-0.2, -0.15) is 0 Å². The van der Waals surface area contributed by atoms with E-state index in [1.165, 1.54) is 17.0 Å². The predicted octanol–water partition coefficient (Wildman–Crippen LogP) is 3.55. The van der Waals surface area contributed by atoms with E-state index in [-0.39, 0.29) is 5.82 Å². The maximum absolute atomic E-state index is 13.2. The minimum absolute atomic E-state index is 0.234. The first-order chi connectivity index (χ1) is 9.06. The van der Waals surface area contributed by atoms with Crippen LogP contribution in [0.3, 0.4) is 0 Å². The van der Waals surface area contributed by atoms with Crippen molar-refractivity contribution in [3.63, 3.8) is 0 Å². The van der Waals surface area contributed by atoms with Gasteiger partial charge in [0.25, 0.3) is 0 Å². The van der Waals surface area contributed by atoms with Crippen molar-refractivity contribution in [1.82, 2.24) is 10.3 Å². The van der Waals surface area contributed by atoms with Gasteiger partial charge in [-0.05, 0) is 18.2 Å². The Kier molecular flexibility index (Phi) is 4.50. The highest BCUT2D eigenvalue weighted by molar-refractivity contribution is 7.15. The molecule has 0 bridgehead atoms. The second kappa shape index (κ2) is 6.12. The number of thiazole rings is 1. The average Bonchev–Trinajstić information content (AvgIpc) is 2.84. The summed E-state index contributed by atoms with van der Waals surface area (Å²) in [4.78, 5) is 7.45. The van der Waals surface area contributed by atoms with Gasteiger partial charge in [-0.1, -0.05) is 19.9 Å². The van der Waals surface area contributed by atoms with E-state index < -0.39 is 0 Å². The molecule has 0 saturated carbocycles. The zero-order valence-electron chi connectivity index (χ0n) is 11.4. The number of nitrogens with one attached hydrogen (secondary N) is 1. The molecule has 0 spiro atoms. The van der Waals surface area contributed by atoms with Gasteiger partial charge >= 0.3 is 0 Å². The molecule has 1 N–H and O–H groups in total. The minimum atomic E-state index is -0.234. The molecule has 0 aliphatic rings. The number of benzene rings is 1. The second-order valence-electron chi connectivity index (χ2n) is 4.68. The summed E-state index contributed by atoms with van der Waals surface area (Å²) >= 11 is 1.61. The average molecular weight is 279 g/mol. The van der Waals surface area contributed by atoms with Crippen LogP contribution in [0.25, 0.3) is 0 Å². The first-order valence-electron chi connectivity index (χ1n) is 6.23. The Hall–Kier alpha value is -1.46. The molecule has 0 atom stereocenters. The molecule has 0 aliphatic carbocycles. The highest BCUT2D eigenvalue weighted by Gasteiger charge is 2.09. The molecule has 1 aromatic heterocycles. The fraction of sp³-hybridized carbons (Fsp3) is 0.357. The number of hydrogen-bond acceptors (Lipinski definition) is 4. The minimum Gasteiger partial charge on any atom is -0.321 e. The third-order valence-electron chi connectivity index (χ3n) is 2.71. The predicted molar refractivity (Wildman–Crippen MR) is 78.6 cm³/mol. The van der Waals surface area contributed by atoms with Crippen LogP contribution >= 0.6 is 11.3 Å². The highest BCUT2D eigenvalue weighted by atomic mass is 32.1. The summed E-state index contributed by atoms with van der Waals surface area (Å²) in [7, 11) is 1.90. The van der Waals surface area contributed by atoms with Gasteiger partial charge in [0.15, 0.2) is 5.13 Å². The fourth-order valence-corrected chi connectivity index (χ4v) is 2.48. The molecule has 5 heteroatoms. The molecular weight excluding hydrogens is 261 g/mol. The van der Waals surface area contributed by atoms with Gasteiger partial charge in [-0.3, -0.25) is 0 Å². The molecule has 0 unspecified atom stereocenters. The summed E-state index contributed by atoms with van der Waals surface area (Å²) in [5.41, 5.74) is 0.803. The molecule has 0 amide bonds. The Morgan fingerprint density at radius 3 is 2.89 bits per heavy atom. The molecule has 0 aliphatic heterocycles. The van der Waals surface area contributed by atoms with Crippen molar-refractivity contribution in [3.05, 3.63) is 41.2 Å². The van der Waals surface area contributed by atoms with Crippen LogP contribution in [-0.4, -0.2) is 18.1 Å². The van der Waals surface area contributed by atoms with E-state index >= 15 is 0 Å². The van der Waals surface area contributed by atoms with Crippen molar-refractivity contribution in [2.45, 2.75) is 26.4 Å². The highest BCUT2D eigenvalue weighted by Crippen LogP contribution is 2.28. The van der Waals surface area contributed by atoms with Crippen molar-refractivity contribution >= 4 is 22.2 Å². The van der Waals surface area contributed by atoms with Crippen molar-refractivity contribution in [2.24, 2.45) is 0 Å². The lowest BCUT2D eigenvalue weighted by Crippen LogP contribution is -2.21. The summed E-state index contributed by atoms with van der Waals surface area (Å²) < 4.78 is 13.2. The molecule has 19 heavy (non-hydrogen) atoms. The lowest BCUT2D eigenvalue weighted by atomic mass is 10.3. The first-order valence-corrected chi connectivity index (χ1v) is 7.05. The normalized spacial score (nSPS) is 11.0. The number of rotatable bonds is 5. The molecule has 3 nitrogen and oxygen atoms in total. The zero-order valence-corrected chi connectivity index (χ0v) is 12.2. The molecule has 0 saturated heterocycles.